The number of nitrogens with one attached hydrogen (secondary N) is 1. The molecule has 6 heteroatoms. The fraction of sp³-hybridized carbons (Fsp3) is 0.0667. The first-order chi connectivity index (χ1) is 10.0. The molecule has 0 unspecified atom stereocenters. The maximum Gasteiger partial charge on any atom is 0.258 e. The van der Waals surface area contributed by atoms with Gasteiger partial charge in [-0.2, -0.15) is 0 Å². The van der Waals surface area contributed by atoms with Gasteiger partial charge in [0.15, 0.2) is 0 Å². The molecule has 0 aliphatic carbocycles. The lowest BCUT2D eigenvalue weighted by molar-refractivity contribution is 0.102. The van der Waals surface area contributed by atoms with E-state index in [4.69, 9.17) is 28.4 Å². The summed E-state index contributed by atoms with van der Waals surface area (Å²) >= 11 is 12.0. The van der Waals surface area contributed by atoms with Gasteiger partial charge < -0.3 is 10.5 Å². The minimum absolute atomic E-state index is 0.221. The first-order valence-electron chi connectivity index (χ1n) is 6.07. The Bertz CT molecular complexity index is 694. The van der Waals surface area contributed by atoms with E-state index in [2.05, 4.69) is 10.5 Å². The van der Waals surface area contributed by atoms with Crippen LogP contribution in [-0.4, -0.2) is 16.8 Å². The molecule has 2 N–H and O–H groups in total. The monoisotopic (exact) mass is 322 g/mol. The topological polar surface area (TPSA) is 61.7 Å². The van der Waals surface area contributed by atoms with Gasteiger partial charge in [-0.15, -0.1) is 0 Å². The molecule has 0 aromatic heterocycles. The van der Waals surface area contributed by atoms with Crippen molar-refractivity contribution in [1.82, 2.24) is 0 Å². The molecule has 0 aliphatic rings. The van der Waals surface area contributed by atoms with Crippen molar-refractivity contribution < 1.29 is 10.0 Å². The van der Waals surface area contributed by atoms with Crippen molar-refractivity contribution in [1.29, 1.82) is 0 Å². The molecule has 0 saturated carbocycles. The Morgan fingerprint density at radius 2 is 1.76 bits per heavy atom. The average Bonchev–Trinajstić information content (AvgIpc) is 2.46. The third-order valence-corrected chi connectivity index (χ3v) is 3.51. The lowest BCUT2D eigenvalue weighted by Crippen LogP contribution is -2.13. The molecule has 1 amide bonds. The third-order valence-electron chi connectivity index (χ3n) is 2.88. The van der Waals surface area contributed by atoms with Gasteiger partial charge in [0.2, 0.25) is 0 Å². The number of hydrogen-bond donors (Lipinski definition) is 2. The van der Waals surface area contributed by atoms with Crippen LogP contribution in [0.25, 0.3) is 0 Å². The first kappa shape index (κ1) is 15.4. The molecule has 0 bridgehead atoms. The molecule has 0 spiro atoms. The van der Waals surface area contributed by atoms with E-state index in [0.717, 1.165) is 0 Å². The summed E-state index contributed by atoms with van der Waals surface area (Å²) in [5, 5.41) is 15.2. The zero-order chi connectivity index (χ0) is 15.4. The predicted octanol–water partition coefficient (Wildman–Crippen LogP) is 4.44. The summed E-state index contributed by atoms with van der Waals surface area (Å²) in [6.07, 6.45) is 0. The van der Waals surface area contributed by atoms with E-state index < -0.39 is 5.91 Å². The van der Waals surface area contributed by atoms with Gasteiger partial charge in [0.05, 0.1) is 21.3 Å². The Hall–Kier alpha value is -2.04. The predicted molar refractivity (Wildman–Crippen MR) is 84.9 cm³/mol. The molecule has 108 valence electrons. The molecule has 0 radical (unpaired) electrons. The molecular weight excluding hydrogens is 311 g/mol. The van der Waals surface area contributed by atoms with Gasteiger partial charge in [-0.1, -0.05) is 46.6 Å². The number of halogens is 2. The second-order valence-corrected chi connectivity index (χ2v) is 5.13. The van der Waals surface area contributed by atoms with E-state index in [9.17, 15) is 4.79 Å². The van der Waals surface area contributed by atoms with Crippen LogP contribution in [-0.2, 0) is 0 Å². The van der Waals surface area contributed by atoms with Crippen molar-refractivity contribution in [2.24, 2.45) is 5.16 Å². The number of carbonyl (C=O) groups is 1. The van der Waals surface area contributed by atoms with Crippen molar-refractivity contribution in [3.05, 3.63) is 63.6 Å². The molecule has 0 aliphatic heterocycles. The van der Waals surface area contributed by atoms with Crippen LogP contribution in [0.4, 0.5) is 5.69 Å². The highest BCUT2D eigenvalue weighted by atomic mass is 35.5. The summed E-state index contributed by atoms with van der Waals surface area (Å²) in [6, 6.07) is 11.8. The summed E-state index contributed by atoms with van der Waals surface area (Å²) in [4.78, 5) is 12.2. The van der Waals surface area contributed by atoms with Crippen LogP contribution in [0.3, 0.4) is 0 Å². The van der Waals surface area contributed by atoms with Gasteiger partial charge in [0.1, 0.15) is 0 Å². The van der Waals surface area contributed by atoms with Crippen LogP contribution in [0.5, 0.6) is 0 Å². The fourth-order valence-corrected chi connectivity index (χ4v) is 2.36. The van der Waals surface area contributed by atoms with E-state index in [1.165, 1.54) is 0 Å². The number of benzene rings is 2. The highest BCUT2D eigenvalue weighted by Crippen LogP contribution is 2.25. The number of oxime groups is 1. The minimum atomic E-state index is -0.402. The molecule has 0 heterocycles. The third kappa shape index (κ3) is 3.54. The van der Waals surface area contributed by atoms with Crippen LogP contribution >= 0.6 is 23.2 Å². The van der Waals surface area contributed by atoms with E-state index >= 15 is 0 Å². The van der Waals surface area contributed by atoms with Gasteiger partial charge in [-0.05, 0) is 31.2 Å². The summed E-state index contributed by atoms with van der Waals surface area (Å²) in [7, 11) is 0. The van der Waals surface area contributed by atoms with E-state index in [0.29, 0.717) is 17.0 Å². The first-order valence-corrected chi connectivity index (χ1v) is 6.83. The zero-order valence-corrected chi connectivity index (χ0v) is 12.6. The Labute approximate surface area is 132 Å². The number of anilines is 1. The molecule has 0 saturated heterocycles. The van der Waals surface area contributed by atoms with Crippen LogP contribution in [0.15, 0.2) is 47.6 Å². The number of nitrogens with zero attached hydrogens (tertiary/aromatic N) is 1. The van der Waals surface area contributed by atoms with Crippen LogP contribution in [0, 0.1) is 0 Å². The normalized spacial score (nSPS) is 11.3. The fourth-order valence-electron chi connectivity index (χ4n) is 1.79. The Morgan fingerprint density at radius 3 is 2.38 bits per heavy atom. The summed E-state index contributed by atoms with van der Waals surface area (Å²) in [5.41, 5.74) is 1.91. The maximum absolute atomic E-state index is 12.2. The average molecular weight is 323 g/mol. The van der Waals surface area contributed by atoms with Gasteiger partial charge in [-0.25, -0.2) is 0 Å². The van der Waals surface area contributed by atoms with Gasteiger partial charge in [0, 0.05) is 11.3 Å². The van der Waals surface area contributed by atoms with Crippen molar-refractivity contribution in [2.45, 2.75) is 6.92 Å². The smallest absolute Gasteiger partial charge is 0.258 e. The molecule has 2 aromatic rings. The Kier molecular flexibility index (Phi) is 4.83. The highest BCUT2D eigenvalue weighted by molar-refractivity contribution is 6.40. The Morgan fingerprint density at radius 1 is 1.14 bits per heavy atom. The minimum Gasteiger partial charge on any atom is -0.411 e. The second-order valence-electron chi connectivity index (χ2n) is 4.32. The molecule has 4 nitrogen and oxygen atoms in total. The Balaban J connectivity index is 2.28. The number of amides is 1. The maximum atomic E-state index is 12.2. The SMILES string of the molecule is C/C(=N\O)c1cccc(NC(=O)c2c(Cl)cccc2Cl)c1. The van der Waals surface area contributed by atoms with Gasteiger partial charge in [0.25, 0.3) is 5.91 Å². The molecule has 2 aromatic carbocycles. The van der Waals surface area contributed by atoms with Gasteiger partial charge >= 0.3 is 0 Å². The molecule has 21 heavy (non-hydrogen) atoms. The standard InChI is InChI=1S/C15H12Cl2N2O2/c1-9(19-21)10-4-2-5-11(8-10)18-15(20)14-12(16)6-3-7-13(14)17/h2-8,21H,1H3,(H,18,20)/b19-9+. The molecule has 0 atom stereocenters. The number of rotatable bonds is 3. The summed E-state index contributed by atoms with van der Waals surface area (Å²) < 4.78 is 0. The molecule has 0 fully saturated rings. The summed E-state index contributed by atoms with van der Waals surface area (Å²) in [5.74, 6) is -0.402. The van der Waals surface area contributed by atoms with Crippen LogP contribution in [0.1, 0.15) is 22.8 Å². The number of hydrogen-bond acceptors (Lipinski definition) is 3. The highest BCUT2D eigenvalue weighted by Gasteiger charge is 2.14. The second kappa shape index (κ2) is 6.61. The largest absolute Gasteiger partial charge is 0.411 e. The van der Waals surface area contributed by atoms with Crippen LogP contribution < -0.4 is 5.32 Å². The van der Waals surface area contributed by atoms with Crippen molar-refractivity contribution >= 4 is 40.5 Å². The lowest BCUT2D eigenvalue weighted by atomic mass is 10.1. The van der Waals surface area contributed by atoms with E-state index in [1.807, 2.05) is 0 Å². The molecule has 2 rings (SSSR count). The van der Waals surface area contributed by atoms with Crippen molar-refractivity contribution in [2.75, 3.05) is 5.32 Å². The lowest BCUT2D eigenvalue weighted by Gasteiger charge is -2.09. The number of carbonyl (C=O) groups excluding carboxylic acids is 1. The van der Waals surface area contributed by atoms with Crippen molar-refractivity contribution in [3.8, 4) is 0 Å². The zero-order valence-electron chi connectivity index (χ0n) is 11.1. The van der Waals surface area contributed by atoms with Gasteiger partial charge in [-0.3, -0.25) is 4.79 Å². The van der Waals surface area contributed by atoms with Crippen molar-refractivity contribution in [3.63, 3.8) is 0 Å². The van der Waals surface area contributed by atoms with E-state index in [-0.39, 0.29) is 15.6 Å². The summed E-state index contributed by atoms with van der Waals surface area (Å²) in [6.45, 7) is 1.66. The molecular formula is C15H12Cl2N2O2. The van der Waals surface area contributed by atoms with E-state index in [1.54, 1.807) is 49.4 Å². The quantitative estimate of drug-likeness (QED) is 0.498. The van der Waals surface area contributed by atoms with Crippen LogP contribution in [0.2, 0.25) is 10.0 Å².